The zero-order valence-electron chi connectivity index (χ0n) is 12.8. The Morgan fingerprint density at radius 3 is 2.56 bits per heavy atom. The molecule has 0 spiro atoms. The number of hydrogen-bond donors (Lipinski definition) is 2. The Balaban J connectivity index is 1.56. The predicted octanol–water partition coefficient (Wildman–Crippen LogP) is 3.16. The van der Waals surface area contributed by atoms with E-state index in [4.69, 9.17) is 23.2 Å². The quantitative estimate of drug-likeness (QED) is 0.650. The molecule has 128 valence electrons. The molecule has 0 saturated heterocycles. The number of hydrogen-bond acceptors (Lipinski definition) is 5. The molecule has 2 N–H and O–H groups in total. The maximum atomic E-state index is 12.3. The van der Waals surface area contributed by atoms with Gasteiger partial charge in [0.05, 0.1) is 11.2 Å². The molecule has 3 aromatic rings. The Hall–Kier alpha value is -2.22. The van der Waals surface area contributed by atoms with Crippen LogP contribution in [0.3, 0.4) is 0 Å². The van der Waals surface area contributed by atoms with Crippen molar-refractivity contribution in [3.63, 3.8) is 0 Å². The Kier molecular flexibility index (Phi) is 5.47. The molecule has 1 aromatic carbocycles. The van der Waals surface area contributed by atoms with Gasteiger partial charge in [-0.05, 0) is 12.1 Å². The molecule has 2 amide bonds. The first-order chi connectivity index (χ1) is 12.1. The van der Waals surface area contributed by atoms with Crippen LogP contribution in [0.2, 0.25) is 10.0 Å². The number of carbonyl (C=O) groups is 2. The molecular formula is C16H12Cl2N4O2S. The summed E-state index contributed by atoms with van der Waals surface area (Å²) in [5.41, 5.74) is 0.221. The van der Waals surface area contributed by atoms with Crippen molar-refractivity contribution in [3.05, 3.63) is 57.4 Å². The number of nitrogens with one attached hydrogen (secondary N) is 2. The highest BCUT2D eigenvalue weighted by Gasteiger charge is 2.17. The van der Waals surface area contributed by atoms with Gasteiger partial charge in [-0.3, -0.25) is 14.6 Å². The van der Waals surface area contributed by atoms with E-state index in [0.717, 1.165) is 10.1 Å². The lowest BCUT2D eigenvalue weighted by atomic mass is 10.2. The molecule has 0 unspecified atom stereocenters. The van der Waals surface area contributed by atoms with Gasteiger partial charge in [-0.15, -0.1) is 11.3 Å². The number of aromatic nitrogens is 2. The van der Waals surface area contributed by atoms with Crippen LogP contribution in [0.15, 0.2) is 36.8 Å². The van der Waals surface area contributed by atoms with E-state index in [9.17, 15) is 9.59 Å². The van der Waals surface area contributed by atoms with Crippen LogP contribution in [0, 0.1) is 0 Å². The van der Waals surface area contributed by atoms with Gasteiger partial charge in [0.15, 0.2) is 0 Å². The Morgan fingerprint density at radius 2 is 1.84 bits per heavy atom. The summed E-state index contributed by atoms with van der Waals surface area (Å²) in [7, 11) is 0. The molecular weight excluding hydrogens is 383 g/mol. The van der Waals surface area contributed by atoms with Crippen molar-refractivity contribution in [3.8, 4) is 0 Å². The maximum Gasteiger partial charge on any atom is 0.271 e. The largest absolute Gasteiger partial charge is 0.350 e. The lowest BCUT2D eigenvalue weighted by molar-refractivity contribution is 0.0926. The average molecular weight is 395 g/mol. The predicted molar refractivity (Wildman–Crippen MR) is 98.5 cm³/mol. The number of rotatable bonds is 5. The number of amides is 2. The van der Waals surface area contributed by atoms with Gasteiger partial charge in [0.2, 0.25) is 0 Å². The fourth-order valence-electron chi connectivity index (χ4n) is 2.12. The molecule has 6 nitrogen and oxygen atoms in total. The van der Waals surface area contributed by atoms with Crippen molar-refractivity contribution in [2.45, 2.75) is 0 Å². The van der Waals surface area contributed by atoms with Crippen LogP contribution in [0.1, 0.15) is 20.2 Å². The Bertz CT molecular complexity index is 931. The highest BCUT2D eigenvalue weighted by Crippen LogP contribution is 2.36. The number of thiophene rings is 1. The molecule has 0 radical (unpaired) electrons. The molecule has 0 fully saturated rings. The van der Waals surface area contributed by atoms with Crippen molar-refractivity contribution >= 4 is 56.4 Å². The minimum absolute atomic E-state index is 0.221. The van der Waals surface area contributed by atoms with Crippen molar-refractivity contribution in [2.75, 3.05) is 13.1 Å². The third-order valence-electron chi connectivity index (χ3n) is 3.29. The molecule has 0 saturated carbocycles. The molecule has 2 heterocycles. The van der Waals surface area contributed by atoms with E-state index in [1.165, 1.54) is 29.9 Å². The summed E-state index contributed by atoms with van der Waals surface area (Å²) in [6.07, 6.45) is 4.29. The molecule has 0 atom stereocenters. The monoisotopic (exact) mass is 394 g/mol. The molecule has 3 rings (SSSR count). The van der Waals surface area contributed by atoms with Crippen molar-refractivity contribution < 1.29 is 9.59 Å². The first-order valence-corrected chi connectivity index (χ1v) is 8.83. The van der Waals surface area contributed by atoms with E-state index in [2.05, 4.69) is 20.6 Å². The minimum Gasteiger partial charge on any atom is -0.350 e. The first-order valence-electron chi connectivity index (χ1n) is 7.26. The van der Waals surface area contributed by atoms with Crippen LogP contribution in [0.4, 0.5) is 0 Å². The third-order valence-corrected chi connectivity index (χ3v) is 5.18. The van der Waals surface area contributed by atoms with E-state index < -0.39 is 0 Å². The summed E-state index contributed by atoms with van der Waals surface area (Å²) in [6, 6.07) is 5.28. The number of halogens is 2. The molecule has 0 aliphatic carbocycles. The van der Waals surface area contributed by atoms with Gasteiger partial charge in [-0.2, -0.15) is 0 Å². The normalized spacial score (nSPS) is 10.6. The van der Waals surface area contributed by atoms with Crippen LogP contribution in [-0.4, -0.2) is 34.9 Å². The average Bonchev–Trinajstić information content (AvgIpc) is 2.95. The smallest absolute Gasteiger partial charge is 0.271 e. The number of nitrogens with zero attached hydrogens (tertiary/aromatic N) is 2. The third kappa shape index (κ3) is 4.07. The fraction of sp³-hybridized carbons (Fsp3) is 0.125. The fourth-order valence-corrected chi connectivity index (χ4v) is 3.83. The van der Waals surface area contributed by atoms with Gasteiger partial charge in [0.1, 0.15) is 10.6 Å². The zero-order chi connectivity index (χ0) is 17.8. The van der Waals surface area contributed by atoms with E-state index >= 15 is 0 Å². The van der Waals surface area contributed by atoms with E-state index in [1.807, 2.05) is 0 Å². The molecule has 0 bridgehead atoms. The van der Waals surface area contributed by atoms with Crippen LogP contribution in [0.25, 0.3) is 10.1 Å². The molecule has 9 heteroatoms. The summed E-state index contributed by atoms with van der Waals surface area (Å²) < 4.78 is 0.846. The number of carbonyl (C=O) groups excluding carboxylic acids is 2. The second-order valence-electron chi connectivity index (χ2n) is 4.99. The number of fused-ring (bicyclic) bond motifs is 1. The summed E-state index contributed by atoms with van der Waals surface area (Å²) in [5, 5.41) is 7.15. The SMILES string of the molecule is O=C(NCCNC(=O)c1sc2cc(Cl)ccc2c1Cl)c1cnccn1. The number of benzene rings is 1. The highest BCUT2D eigenvalue weighted by molar-refractivity contribution is 7.21. The van der Waals surface area contributed by atoms with E-state index in [-0.39, 0.29) is 30.6 Å². The van der Waals surface area contributed by atoms with Crippen LogP contribution >= 0.6 is 34.5 Å². The maximum absolute atomic E-state index is 12.3. The van der Waals surface area contributed by atoms with Gasteiger partial charge in [-0.25, -0.2) is 4.98 Å². The van der Waals surface area contributed by atoms with Gasteiger partial charge in [0.25, 0.3) is 11.8 Å². The van der Waals surface area contributed by atoms with Gasteiger partial charge >= 0.3 is 0 Å². The molecule has 2 aromatic heterocycles. The summed E-state index contributed by atoms with van der Waals surface area (Å²) in [6.45, 7) is 0.519. The standard InChI is InChI=1S/C16H12Cl2N4O2S/c17-9-1-2-10-12(7-9)25-14(13(10)18)16(24)22-6-5-21-15(23)11-8-19-3-4-20-11/h1-4,7-8H,5-6H2,(H,21,23)(H,22,24). The molecule has 0 aliphatic rings. The lowest BCUT2D eigenvalue weighted by Crippen LogP contribution is -2.34. The summed E-state index contributed by atoms with van der Waals surface area (Å²) in [5.74, 6) is -0.645. The van der Waals surface area contributed by atoms with Crippen molar-refractivity contribution in [1.82, 2.24) is 20.6 Å². The second kappa shape index (κ2) is 7.77. The first kappa shape index (κ1) is 17.6. The van der Waals surface area contributed by atoms with Crippen molar-refractivity contribution in [1.29, 1.82) is 0 Å². The Labute approximate surface area is 157 Å². The van der Waals surface area contributed by atoms with Crippen molar-refractivity contribution in [2.24, 2.45) is 0 Å². The lowest BCUT2D eigenvalue weighted by Gasteiger charge is -2.06. The minimum atomic E-state index is -0.350. The zero-order valence-corrected chi connectivity index (χ0v) is 15.1. The van der Waals surface area contributed by atoms with Crippen LogP contribution in [-0.2, 0) is 0 Å². The molecule has 0 aliphatic heterocycles. The van der Waals surface area contributed by atoms with Gasteiger partial charge in [0, 0.05) is 40.6 Å². The van der Waals surface area contributed by atoms with Gasteiger partial charge < -0.3 is 10.6 Å². The Morgan fingerprint density at radius 1 is 1.08 bits per heavy atom. The van der Waals surface area contributed by atoms with Crippen LogP contribution in [0.5, 0.6) is 0 Å². The van der Waals surface area contributed by atoms with Crippen LogP contribution < -0.4 is 10.6 Å². The summed E-state index contributed by atoms with van der Waals surface area (Å²) in [4.78, 5) is 32.2. The second-order valence-corrected chi connectivity index (χ2v) is 6.85. The topological polar surface area (TPSA) is 84.0 Å². The highest BCUT2D eigenvalue weighted by atomic mass is 35.5. The van der Waals surface area contributed by atoms with E-state index in [0.29, 0.717) is 14.9 Å². The summed E-state index contributed by atoms with van der Waals surface area (Å²) >= 11 is 13.5. The van der Waals surface area contributed by atoms with E-state index in [1.54, 1.807) is 18.2 Å². The van der Waals surface area contributed by atoms with Gasteiger partial charge in [-0.1, -0.05) is 29.3 Å². The molecule has 25 heavy (non-hydrogen) atoms.